The number of benzene rings is 2. The molecule has 0 bridgehead atoms. The van der Waals surface area contributed by atoms with E-state index in [1.54, 1.807) is 0 Å². The molecule has 0 saturated heterocycles. The van der Waals surface area contributed by atoms with Gasteiger partial charge in [-0.15, -0.1) is 0 Å². The minimum atomic E-state index is -3.87. The minimum Gasteiger partial charge on any atom is -0.366 e. The van der Waals surface area contributed by atoms with E-state index in [1.165, 1.54) is 24.3 Å². The van der Waals surface area contributed by atoms with Crippen LogP contribution in [0.15, 0.2) is 47.4 Å². The van der Waals surface area contributed by atoms with Crippen molar-refractivity contribution in [2.24, 2.45) is 5.73 Å². The van der Waals surface area contributed by atoms with Crippen molar-refractivity contribution in [1.82, 2.24) is 4.72 Å². The van der Waals surface area contributed by atoms with Crippen LogP contribution in [0.3, 0.4) is 0 Å². The lowest BCUT2D eigenvalue weighted by atomic mass is 10.1. The largest absolute Gasteiger partial charge is 0.366 e. The zero-order valence-electron chi connectivity index (χ0n) is 13.9. The normalized spacial score (nSPS) is 11.1. The van der Waals surface area contributed by atoms with E-state index in [9.17, 15) is 18.0 Å². The Labute approximate surface area is 146 Å². The van der Waals surface area contributed by atoms with E-state index in [1.807, 2.05) is 32.0 Å². The number of carbonyl (C=O) groups excluding carboxylic acids is 2. The Morgan fingerprint density at radius 2 is 1.56 bits per heavy atom. The summed E-state index contributed by atoms with van der Waals surface area (Å²) in [5.41, 5.74) is 7.75. The summed E-state index contributed by atoms with van der Waals surface area (Å²) in [4.78, 5) is 23.0. The number of anilines is 1. The molecule has 4 N–H and O–H groups in total. The number of nitrogens with one attached hydrogen (secondary N) is 2. The van der Waals surface area contributed by atoms with Gasteiger partial charge in [0.25, 0.3) is 0 Å². The fourth-order valence-corrected chi connectivity index (χ4v) is 3.22. The highest BCUT2D eigenvalue weighted by Gasteiger charge is 2.16. The first-order valence-electron chi connectivity index (χ1n) is 7.46. The van der Waals surface area contributed by atoms with Crippen molar-refractivity contribution in [2.75, 3.05) is 11.9 Å². The highest BCUT2D eigenvalue weighted by Crippen LogP contribution is 2.19. The molecule has 0 fully saturated rings. The second-order valence-corrected chi connectivity index (χ2v) is 7.30. The highest BCUT2D eigenvalue weighted by atomic mass is 32.2. The number of carbonyl (C=O) groups is 2. The Kier molecular flexibility index (Phi) is 5.55. The molecular formula is C17H19N3O4S. The van der Waals surface area contributed by atoms with Gasteiger partial charge in [-0.1, -0.05) is 18.2 Å². The second kappa shape index (κ2) is 7.45. The molecule has 132 valence electrons. The zero-order valence-corrected chi connectivity index (χ0v) is 14.7. The standard InChI is InChI=1S/C17H19N3O4S/c1-11-4-3-5-12(2)16(11)20-15(21)10-19-25(23,24)14-8-6-13(7-9-14)17(18)22/h3-9,19H,10H2,1-2H3,(H2,18,22)(H,20,21). The molecule has 0 aliphatic rings. The third kappa shape index (κ3) is 4.65. The molecule has 8 heteroatoms. The van der Waals surface area contributed by atoms with Crippen molar-refractivity contribution >= 4 is 27.5 Å². The van der Waals surface area contributed by atoms with Crippen LogP contribution in [0.4, 0.5) is 5.69 Å². The first kappa shape index (κ1) is 18.6. The molecule has 7 nitrogen and oxygen atoms in total. The lowest BCUT2D eigenvalue weighted by molar-refractivity contribution is -0.115. The van der Waals surface area contributed by atoms with Gasteiger partial charge in [-0.2, -0.15) is 0 Å². The maximum Gasteiger partial charge on any atom is 0.248 e. The summed E-state index contributed by atoms with van der Waals surface area (Å²) in [5, 5.41) is 2.70. The van der Waals surface area contributed by atoms with Gasteiger partial charge in [-0.05, 0) is 49.2 Å². The summed E-state index contributed by atoms with van der Waals surface area (Å²) in [6.45, 7) is 3.30. The Morgan fingerprint density at radius 3 is 2.08 bits per heavy atom. The minimum absolute atomic E-state index is 0.0580. The third-order valence-corrected chi connectivity index (χ3v) is 5.03. The Bertz CT molecular complexity index is 886. The van der Waals surface area contributed by atoms with E-state index < -0.39 is 28.4 Å². The molecule has 0 aromatic heterocycles. The van der Waals surface area contributed by atoms with Gasteiger partial charge < -0.3 is 11.1 Å². The van der Waals surface area contributed by atoms with Crippen LogP contribution >= 0.6 is 0 Å². The van der Waals surface area contributed by atoms with Crippen molar-refractivity contribution in [3.05, 3.63) is 59.2 Å². The molecule has 0 atom stereocenters. The number of amides is 2. The van der Waals surface area contributed by atoms with Crippen LogP contribution in [-0.2, 0) is 14.8 Å². The summed E-state index contributed by atoms with van der Waals surface area (Å²) in [7, 11) is -3.87. The van der Waals surface area contributed by atoms with Crippen molar-refractivity contribution in [3.63, 3.8) is 0 Å². The van der Waals surface area contributed by atoms with Crippen LogP contribution in [0.1, 0.15) is 21.5 Å². The van der Waals surface area contributed by atoms with Gasteiger partial charge in [-0.3, -0.25) is 9.59 Å². The maximum atomic E-state index is 12.2. The Hall–Kier alpha value is -2.71. The summed E-state index contributed by atoms with van der Waals surface area (Å²) in [5.74, 6) is -1.13. The average molecular weight is 361 g/mol. The predicted octanol–water partition coefficient (Wildman–Crippen LogP) is 1.32. The summed E-state index contributed by atoms with van der Waals surface area (Å²) >= 11 is 0. The molecule has 0 saturated carbocycles. The third-order valence-electron chi connectivity index (χ3n) is 3.62. The van der Waals surface area contributed by atoms with Crippen LogP contribution in [0.2, 0.25) is 0 Å². The lowest BCUT2D eigenvalue weighted by Gasteiger charge is -2.12. The average Bonchev–Trinajstić information content (AvgIpc) is 2.56. The van der Waals surface area contributed by atoms with E-state index in [2.05, 4.69) is 10.0 Å². The molecule has 0 heterocycles. The van der Waals surface area contributed by atoms with E-state index in [-0.39, 0.29) is 10.5 Å². The fraction of sp³-hybridized carbons (Fsp3) is 0.176. The Morgan fingerprint density at radius 1 is 1.00 bits per heavy atom. The van der Waals surface area contributed by atoms with Gasteiger partial charge in [0.15, 0.2) is 0 Å². The number of hydrogen-bond donors (Lipinski definition) is 3. The highest BCUT2D eigenvalue weighted by molar-refractivity contribution is 7.89. The summed E-state index contributed by atoms with van der Waals surface area (Å²) < 4.78 is 26.6. The first-order chi connectivity index (χ1) is 11.7. The van der Waals surface area contributed by atoms with Gasteiger partial charge in [-0.25, -0.2) is 13.1 Å². The van der Waals surface area contributed by atoms with Gasteiger partial charge in [0.1, 0.15) is 0 Å². The number of sulfonamides is 1. The van der Waals surface area contributed by atoms with Gasteiger partial charge in [0.05, 0.1) is 11.4 Å². The van der Waals surface area contributed by atoms with E-state index in [4.69, 9.17) is 5.73 Å². The van der Waals surface area contributed by atoms with Gasteiger partial charge in [0, 0.05) is 11.3 Å². The van der Waals surface area contributed by atoms with Crippen LogP contribution in [0, 0.1) is 13.8 Å². The van der Waals surface area contributed by atoms with Crippen molar-refractivity contribution in [3.8, 4) is 0 Å². The lowest BCUT2D eigenvalue weighted by Crippen LogP contribution is -2.33. The van der Waals surface area contributed by atoms with Gasteiger partial charge >= 0.3 is 0 Å². The van der Waals surface area contributed by atoms with Crippen LogP contribution in [0.5, 0.6) is 0 Å². The van der Waals surface area contributed by atoms with Crippen LogP contribution < -0.4 is 15.8 Å². The monoisotopic (exact) mass is 361 g/mol. The van der Waals surface area contributed by atoms with Crippen molar-refractivity contribution in [2.45, 2.75) is 18.7 Å². The molecule has 0 aliphatic heterocycles. The smallest absolute Gasteiger partial charge is 0.248 e. The maximum absolute atomic E-state index is 12.2. The van der Waals surface area contributed by atoms with E-state index in [0.29, 0.717) is 5.69 Å². The molecule has 0 radical (unpaired) electrons. The molecule has 25 heavy (non-hydrogen) atoms. The fourth-order valence-electron chi connectivity index (χ4n) is 2.24. The Balaban J connectivity index is 2.04. The molecule has 2 amide bonds. The first-order valence-corrected chi connectivity index (χ1v) is 8.94. The van der Waals surface area contributed by atoms with E-state index in [0.717, 1.165) is 11.1 Å². The molecule has 0 aliphatic carbocycles. The summed E-state index contributed by atoms with van der Waals surface area (Å²) in [6.07, 6.45) is 0. The molecule has 0 spiro atoms. The molecule has 2 aromatic carbocycles. The second-order valence-electron chi connectivity index (χ2n) is 5.53. The molecule has 0 unspecified atom stereocenters. The topological polar surface area (TPSA) is 118 Å². The predicted molar refractivity (Wildman–Crippen MR) is 94.7 cm³/mol. The summed E-state index contributed by atoms with van der Waals surface area (Å²) in [6, 6.07) is 10.7. The number of primary amides is 1. The molecule has 2 aromatic rings. The SMILES string of the molecule is Cc1cccc(C)c1NC(=O)CNS(=O)(=O)c1ccc(C(N)=O)cc1. The number of hydrogen-bond acceptors (Lipinski definition) is 4. The quantitative estimate of drug-likeness (QED) is 0.719. The zero-order chi connectivity index (χ0) is 18.6. The van der Waals surface area contributed by atoms with E-state index >= 15 is 0 Å². The van der Waals surface area contributed by atoms with Gasteiger partial charge in [0.2, 0.25) is 21.8 Å². The van der Waals surface area contributed by atoms with Crippen LogP contribution in [0.25, 0.3) is 0 Å². The molecule has 2 rings (SSSR count). The number of nitrogens with two attached hydrogens (primary N) is 1. The number of aryl methyl sites for hydroxylation is 2. The molecular weight excluding hydrogens is 342 g/mol. The van der Waals surface area contributed by atoms with Crippen molar-refractivity contribution in [1.29, 1.82) is 0 Å². The number of para-hydroxylation sites is 1. The van der Waals surface area contributed by atoms with Crippen LogP contribution in [-0.4, -0.2) is 26.8 Å². The van der Waals surface area contributed by atoms with Crippen molar-refractivity contribution < 1.29 is 18.0 Å². The number of rotatable bonds is 6.